The molecular formula is C15H18N2S. The maximum absolute atomic E-state index is 4.35. The Hall–Kier alpha value is -1.32. The van der Waals surface area contributed by atoms with E-state index in [1.165, 1.54) is 10.5 Å². The van der Waals surface area contributed by atoms with Crippen molar-refractivity contribution < 1.29 is 0 Å². The molecule has 0 saturated carbocycles. The Labute approximate surface area is 113 Å². The standard InChI is InChI=1S/C15H18N2S/c1-2-10-16-12-13-7-3-4-8-14(13)18-15-9-5-6-11-17-15/h3-9,11,16H,2,10,12H2,1H3. The number of pyridine rings is 1. The summed E-state index contributed by atoms with van der Waals surface area (Å²) in [5.41, 5.74) is 1.33. The maximum Gasteiger partial charge on any atom is 0.101 e. The van der Waals surface area contributed by atoms with E-state index in [0.29, 0.717) is 0 Å². The quantitative estimate of drug-likeness (QED) is 0.799. The lowest BCUT2D eigenvalue weighted by Gasteiger charge is -2.09. The fraction of sp³-hybridized carbons (Fsp3) is 0.267. The predicted octanol–water partition coefficient (Wildman–Crippen LogP) is 3.73. The Morgan fingerprint density at radius 1 is 1.11 bits per heavy atom. The van der Waals surface area contributed by atoms with E-state index in [0.717, 1.165) is 24.5 Å². The molecule has 0 radical (unpaired) electrons. The molecule has 1 N–H and O–H groups in total. The van der Waals surface area contributed by atoms with Crippen molar-refractivity contribution in [1.29, 1.82) is 0 Å². The van der Waals surface area contributed by atoms with Gasteiger partial charge in [-0.2, -0.15) is 0 Å². The lowest BCUT2D eigenvalue weighted by molar-refractivity contribution is 0.669. The van der Waals surface area contributed by atoms with Crippen molar-refractivity contribution in [3.05, 3.63) is 54.2 Å². The van der Waals surface area contributed by atoms with Gasteiger partial charge in [-0.1, -0.05) is 43.0 Å². The minimum Gasteiger partial charge on any atom is -0.313 e. The first-order chi connectivity index (χ1) is 8.90. The third-order valence-electron chi connectivity index (χ3n) is 2.57. The van der Waals surface area contributed by atoms with E-state index < -0.39 is 0 Å². The topological polar surface area (TPSA) is 24.9 Å². The number of hydrogen-bond acceptors (Lipinski definition) is 3. The Morgan fingerprint density at radius 2 is 1.94 bits per heavy atom. The molecule has 0 fully saturated rings. The SMILES string of the molecule is CCCNCc1ccccc1Sc1ccccn1. The number of hydrogen-bond donors (Lipinski definition) is 1. The van der Waals surface area contributed by atoms with Gasteiger partial charge in [0.05, 0.1) is 0 Å². The zero-order chi connectivity index (χ0) is 12.6. The third kappa shape index (κ3) is 3.86. The molecule has 0 aliphatic heterocycles. The summed E-state index contributed by atoms with van der Waals surface area (Å²) >= 11 is 1.72. The molecule has 0 spiro atoms. The van der Waals surface area contributed by atoms with Crippen LogP contribution in [-0.4, -0.2) is 11.5 Å². The molecule has 0 aliphatic carbocycles. The lowest BCUT2D eigenvalue weighted by Crippen LogP contribution is -2.14. The second-order valence-electron chi connectivity index (χ2n) is 4.05. The fourth-order valence-corrected chi connectivity index (χ4v) is 2.57. The summed E-state index contributed by atoms with van der Waals surface area (Å²) in [5, 5.41) is 4.49. The fourth-order valence-electron chi connectivity index (χ4n) is 1.67. The highest BCUT2D eigenvalue weighted by Gasteiger charge is 2.03. The molecule has 0 bridgehead atoms. The third-order valence-corrected chi connectivity index (χ3v) is 3.64. The largest absolute Gasteiger partial charge is 0.313 e. The molecule has 2 nitrogen and oxygen atoms in total. The molecule has 1 aromatic carbocycles. The Balaban J connectivity index is 2.07. The summed E-state index contributed by atoms with van der Waals surface area (Å²) in [7, 11) is 0. The molecular weight excluding hydrogens is 240 g/mol. The maximum atomic E-state index is 4.35. The summed E-state index contributed by atoms with van der Waals surface area (Å²) in [6.07, 6.45) is 3.00. The van der Waals surface area contributed by atoms with Gasteiger partial charge < -0.3 is 5.32 Å². The van der Waals surface area contributed by atoms with Crippen LogP contribution in [0.2, 0.25) is 0 Å². The minimum atomic E-state index is 0.920. The summed E-state index contributed by atoms with van der Waals surface area (Å²) in [4.78, 5) is 5.63. The molecule has 1 aromatic heterocycles. The minimum absolute atomic E-state index is 0.920. The van der Waals surface area contributed by atoms with Crippen LogP contribution in [0, 0.1) is 0 Å². The van der Waals surface area contributed by atoms with Crippen molar-refractivity contribution in [2.75, 3.05) is 6.54 Å². The summed E-state index contributed by atoms with van der Waals surface area (Å²) in [6.45, 7) is 4.16. The average Bonchev–Trinajstić information content (AvgIpc) is 2.42. The Morgan fingerprint density at radius 3 is 2.72 bits per heavy atom. The molecule has 3 heteroatoms. The van der Waals surface area contributed by atoms with Crippen LogP contribution in [0.5, 0.6) is 0 Å². The first-order valence-electron chi connectivity index (χ1n) is 6.27. The zero-order valence-electron chi connectivity index (χ0n) is 10.6. The highest BCUT2D eigenvalue weighted by molar-refractivity contribution is 7.99. The molecule has 18 heavy (non-hydrogen) atoms. The number of benzene rings is 1. The van der Waals surface area contributed by atoms with E-state index in [-0.39, 0.29) is 0 Å². The van der Waals surface area contributed by atoms with Crippen LogP contribution in [-0.2, 0) is 6.54 Å². The first-order valence-corrected chi connectivity index (χ1v) is 7.09. The van der Waals surface area contributed by atoms with Crippen molar-refractivity contribution >= 4 is 11.8 Å². The smallest absolute Gasteiger partial charge is 0.101 e. The number of rotatable bonds is 6. The van der Waals surface area contributed by atoms with E-state index in [1.807, 2.05) is 24.4 Å². The summed E-state index contributed by atoms with van der Waals surface area (Å²) < 4.78 is 0. The van der Waals surface area contributed by atoms with E-state index in [2.05, 4.69) is 41.5 Å². The average molecular weight is 258 g/mol. The number of nitrogens with one attached hydrogen (secondary N) is 1. The first kappa shape index (κ1) is 13.1. The molecule has 1 heterocycles. The molecule has 0 amide bonds. The van der Waals surface area contributed by atoms with Crippen LogP contribution in [0.3, 0.4) is 0 Å². The molecule has 2 aromatic rings. The van der Waals surface area contributed by atoms with Crippen molar-refractivity contribution in [3.8, 4) is 0 Å². The van der Waals surface area contributed by atoms with E-state index in [1.54, 1.807) is 11.8 Å². The van der Waals surface area contributed by atoms with Gasteiger partial charge in [-0.15, -0.1) is 0 Å². The van der Waals surface area contributed by atoms with Crippen LogP contribution in [0.15, 0.2) is 58.6 Å². The van der Waals surface area contributed by atoms with Gasteiger partial charge in [0.25, 0.3) is 0 Å². The molecule has 0 aliphatic rings. The number of aromatic nitrogens is 1. The number of nitrogens with zero attached hydrogens (tertiary/aromatic N) is 1. The van der Waals surface area contributed by atoms with Gasteiger partial charge in [0.15, 0.2) is 0 Å². The van der Waals surface area contributed by atoms with E-state index in [4.69, 9.17) is 0 Å². The van der Waals surface area contributed by atoms with Gasteiger partial charge in [-0.25, -0.2) is 4.98 Å². The van der Waals surface area contributed by atoms with Crippen LogP contribution in [0.25, 0.3) is 0 Å². The second kappa shape index (κ2) is 7.19. The van der Waals surface area contributed by atoms with Gasteiger partial charge in [0.1, 0.15) is 5.03 Å². The molecule has 94 valence electrons. The van der Waals surface area contributed by atoms with Gasteiger partial charge in [-0.3, -0.25) is 0 Å². The van der Waals surface area contributed by atoms with Crippen LogP contribution < -0.4 is 5.32 Å². The highest BCUT2D eigenvalue weighted by atomic mass is 32.2. The Bertz CT molecular complexity index is 471. The van der Waals surface area contributed by atoms with E-state index >= 15 is 0 Å². The molecule has 0 atom stereocenters. The van der Waals surface area contributed by atoms with Crippen molar-refractivity contribution in [2.45, 2.75) is 29.8 Å². The van der Waals surface area contributed by atoms with Crippen LogP contribution in [0.1, 0.15) is 18.9 Å². The monoisotopic (exact) mass is 258 g/mol. The molecule has 0 unspecified atom stereocenters. The van der Waals surface area contributed by atoms with Gasteiger partial charge in [0, 0.05) is 17.6 Å². The Kier molecular flexibility index (Phi) is 5.24. The summed E-state index contributed by atoms with van der Waals surface area (Å²) in [5.74, 6) is 0. The normalized spacial score (nSPS) is 10.5. The lowest BCUT2D eigenvalue weighted by atomic mass is 10.2. The van der Waals surface area contributed by atoms with Crippen molar-refractivity contribution in [2.24, 2.45) is 0 Å². The zero-order valence-corrected chi connectivity index (χ0v) is 11.4. The van der Waals surface area contributed by atoms with Gasteiger partial charge >= 0.3 is 0 Å². The van der Waals surface area contributed by atoms with Gasteiger partial charge in [-0.05, 0) is 36.7 Å². The van der Waals surface area contributed by atoms with Crippen molar-refractivity contribution in [3.63, 3.8) is 0 Å². The molecule has 0 saturated heterocycles. The van der Waals surface area contributed by atoms with Crippen molar-refractivity contribution in [1.82, 2.24) is 10.3 Å². The highest BCUT2D eigenvalue weighted by Crippen LogP contribution is 2.28. The van der Waals surface area contributed by atoms with Gasteiger partial charge in [0.2, 0.25) is 0 Å². The predicted molar refractivity (Wildman–Crippen MR) is 76.8 cm³/mol. The van der Waals surface area contributed by atoms with E-state index in [9.17, 15) is 0 Å². The van der Waals surface area contributed by atoms with Crippen LogP contribution >= 0.6 is 11.8 Å². The molecule has 2 rings (SSSR count). The van der Waals surface area contributed by atoms with Crippen LogP contribution in [0.4, 0.5) is 0 Å². The summed E-state index contributed by atoms with van der Waals surface area (Å²) in [6, 6.07) is 14.5. The second-order valence-corrected chi connectivity index (χ2v) is 5.12.